The lowest BCUT2D eigenvalue weighted by molar-refractivity contribution is -0.137. The molecule has 2 rings (SSSR count). The first-order valence-corrected chi connectivity index (χ1v) is 6.36. The Balaban J connectivity index is 1.92. The molecule has 1 unspecified atom stereocenters. The molecule has 3 atom stereocenters. The van der Waals surface area contributed by atoms with E-state index in [1.807, 2.05) is 20.8 Å². The molecular weight excluding hydrogens is 290 g/mol. The largest absolute Gasteiger partial charge is 0.480 e. The summed E-state index contributed by atoms with van der Waals surface area (Å²) in [5.74, 6) is -0.823. The van der Waals surface area contributed by atoms with E-state index in [1.165, 1.54) is 0 Å². The average Bonchev–Trinajstić information content (AvgIpc) is 2.60. The van der Waals surface area contributed by atoms with Crippen molar-refractivity contribution in [2.45, 2.75) is 30.7 Å². The molecule has 1 aliphatic heterocycles. The van der Waals surface area contributed by atoms with Crippen LogP contribution in [0.25, 0.3) is 0 Å². The molecule has 5 nitrogen and oxygen atoms in total. The minimum absolute atomic E-state index is 0.00696. The normalized spacial score (nSPS) is 35.4. The molecule has 2 fully saturated rings. The summed E-state index contributed by atoms with van der Waals surface area (Å²) >= 11 is 3.26. The maximum atomic E-state index is 11.7. The lowest BCUT2D eigenvalue weighted by Crippen LogP contribution is -2.40. The molecule has 1 N–H and O–H groups in total. The number of hydrogen-bond donors (Lipinski definition) is 1. The number of alkyl halides is 1. The van der Waals surface area contributed by atoms with Crippen LogP contribution in [-0.4, -0.2) is 45.1 Å². The molecule has 1 amide bonds. The van der Waals surface area contributed by atoms with Gasteiger partial charge in [-0.05, 0) is 20.8 Å². The average molecular weight is 306 g/mol. The second kappa shape index (κ2) is 3.60. The molecule has 0 spiro atoms. The first kappa shape index (κ1) is 12.7. The number of aliphatic carboxylic acids is 1. The highest BCUT2D eigenvalue weighted by atomic mass is 79.9. The summed E-state index contributed by atoms with van der Waals surface area (Å²) in [4.78, 5) is 24.4. The van der Waals surface area contributed by atoms with Crippen molar-refractivity contribution in [1.82, 2.24) is 4.90 Å². The van der Waals surface area contributed by atoms with Crippen molar-refractivity contribution in [3.05, 3.63) is 0 Å². The Morgan fingerprint density at radius 1 is 1.35 bits per heavy atom. The van der Waals surface area contributed by atoms with Crippen LogP contribution in [0.3, 0.4) is 0 Å². The van der Waals surface area contributed by atoms with Gasteiger partial charge in [0.1, 0.15) is 9.93 Å². The van der Waals surface area contributed by atoms with Gasteiger partial charge in [-0.1, -0.05) is 15.9 Å². The highest BCUT2D eigenvalue weighted by molar-refractivity contribution is 9.10. The monoisotopic (exact) mass is 305 g/mol. The van der Waals surface area contributed by atoms with Crippen molar-refractivity contribution in [3.63, 3.8) is 0 Å². The van der Waals surface area contributed by atoms with E-state index in [1.54, 1.807) is 4.90 Å². The molecule has 1 saturated carbocycles. The molecule has 96 valence electrons. The van der Waals surface area contributed by atoms with Crippen LogP contribution in [-0.2, 0) is 9.53 Å². The summed E-state index contributed by atoms with van der Waals surface area (Å²) < 4.78 is 4.43. The Bertz CT molecular complexity index is 364. The molecule has 17 heavy (non-hydrogen) atoms. The number of carboxylic acid groups (broad SMARTS) is 1. The number of carbonyl (C=O) groups is 2. The van der Waals surface area contributed by atoms with Gasteiger partial charge in [0.25, 0.3) is 0 Å². The Morgan fingerprint density at radius 3 is 2.18 bits per heavy atom. The van der Waals surface area contributed by atoms with Crippen LogP contribution in [0.4, 0.5) is 4.79 Å². The Labute approximate surface area is 108 Å². The predicted molar refractivity (Wildman–Crippen MR) is 64.1 cm³/mol. The summed E-state index contributed by atoms with van der Waals surface area (Å²) in [6.45, 7) is 6.35. The molecule has 2 aliphatic rings. The summed E-state index contributed by atoms with van der Waals surface area (Å²) in [5, 5.41) is 9.05. The van der Waals surface area contributed by atoms with Gasteiger partial charge < -0.3 is 14.7 Å². The SMILES string of the molecule is CC(C)(C)OC(=O)N1C[C@@H]2[C@H](C1)C2(Br)C(=O)O. The van der Waals surface area contributed by atoms with Gasteiger partial charge >= 0.3 is 12.1 Å². The third-order valence-electron chi connectivity index (χ3n) is 3.27. The van der Waals surface area contributed by atoms with Crippen LogP contribution in [0.1, 0.15) is 20.8 Å². The van der Waals surface area contributed by atoms with Gasteiger partial charge in [-0.25, -0.2) is 4.79 Å². The number of halogens is 1. The van der Waals surface area contributed by atoms with Crippen molar-refractivity contribution in [2.75, 3.05) is 13.1 Å². The number of ether oxygens (including phenoxy) is 1. The fourth-order valence-corrected chi connectivity index (χ4v) is 3.16. The van der Waals surface area contributed by atoms with Gasteiger partial charge in [0.2, 0.25) is 0 Å². The topological polar surface area (TPSA) is 66.8 Å². The van der Waals surface area contributed by atoms with Crippen LogP contribution in [0.2, 0.25) is 0 Å². The second-order valence-electron chi connectivity index (χ2n) is 5.67. The number of carboxylic acids is 1. The second-order valence-corrected chi connectivity index (χ2v) is 6.98. The molecule has 1 aliphatic carbocycles. The van der Waals surface area contributed by atoms with Gasteiger partial charge in [-0.2, -0.15) is 0 Å². The van der Waals surface area contributed by atoms with Crippen molar-refractivity contribution in [3.8, 4) is 0 Å². The fourth-order valence-electron chi connectivity index (χ4n) is 2.36. The molecule has 0 radical (unpaired) electrons. The molecule has 0 aromatic carbocycles. The van der Waals surface area contributed by atoms with Crippen molar-refractivity contribution < 1.29 is 19.4 Å². The third-order valence-corrected chi connectivity index (χ3v) is 4.78. The number of fused-ring (bicyclic) bond motifs is 1. The highest BCUT2D eigenvalue weighted by Crippen LogP contribution is 2.61. The molecule has 0 bridgehead atoms. The quantitative estimate of drug-likeness (QED) is 0.749. The van der Waals surface area contributed by atoms with E-state index < -0.39 is 15.9 Å². The molecule has 6 heteroatoms. The van der Waals surface area contributed by atoms with Gasteiger partial charge in [-0.3, -0.25) is 4.79 Å². The van der Waals surface area contributed by atoms with E-state index in [0.29, 0.717) is 13.1 Å². The zero-order valence-electron chi connectivity index (χ0n) is 10.1. The summed E-state index contributed by atoms with van der Waals surface area (Å²) in [7, 11) is 0. The van der Waals surface area contributed by atoms with Crippen molar-refractivity contribution in [2.24, 2.45) is 11.8 Å². The van der Waals surface area contributed by atoms with E-state index in [9.17, 15) is 9.59 Å². The van der Waals surface area contributed by atoms with E-state index in [-0.39, 0.29) is 17.9 Å². The summed E-state index contributed by atoms with van der Waals surface area (Å²) in [6, 6.07) is 0. The van der Waals surface area contributed by atoms with Gasteiger partial charge in [0, 0.05) is 24.9 Å². The van der Waals surface area contributed by atoms with Crippen LogP contribution >= 0.6 is 15.9 Å². The Kier molecular flexibility index (Phi) is 2.69. The van der Waals surface area contributed by atoms with E-state index in [2.05, 4.69) is 15.9 Å². The van der Waals surface area contributed by atoms with Crippen molar-refractivity contribution >= 4 is 28.0 Å². The van der Waals surface area contributed by atoms with Gasteiger partial charge in [-0.15, -0.1) is 0 Å². The minimum Gasteiger partial charge on any atom is -0.480 e. The van der Waals surface area contributed by atoms with Crippen LogP contribution < -0.4 is 0 Å². The van der Waals surface area contributed by atoms with Gasteiger partial charge in [0.15, 0.2) is 0 Å². The number of nitrogens with zero attached hydrogens (tertiary/aromatic N) is 1. The minimum atomic E-state index is -0.837. The number of likely N-dealkylation sites (tertiary alicyclic amines) is 1. The maximum absolute atomic E-state index is 11.7. The molecule has 1 heterocycles. The van der Waals surface area contributed by atoms with E-state index in [4.69, 9.17) is 9.84 Å². The summed E-state index contributed by atoms with van der Waals surface area (Å²) in [6.07, 6.45) is -0.357. The third kappa shape index (κ3) is 2.03. The lowest BCUT2D eigenvalue weighted by atomic mass is 10.2. The number of amides is 1. The predicted octanol–water partition coefficient (Wildman–Crippen LogP) is 1.70. The lowest BCUT2D eigenvalue weighted by Gasteiger charge is -2.26. The maximum Gasteiger partial charge on any atom is 0.410 e. The Hall–Kier alpha value is -0.780. The van der Waals surface area contributed by atoms with Crippen LogP contribution in [0.5, 0.6) is 0 Å². The zero-order chi connectivity index (χ0) is 13.0. The summed E-state index contributed by atoms with van der Waals surface area (Å²) in [5.41, 5.74) is -0.512. The highest BCUT2D eigenvalue weighted by Gasteiger charge is 2.72. The number of rotatable bonds is 1. The first-order valence-electron chi connectivity index (χ1n) is 5.56. The van der Waals surface area contributed by atoms with Crippen LogP contribution in [0, 0.1) is 11.8 Å². The van der Waals surface area contributed by atoms with Crippen LogP contribution in [0.15, 0.2) is 0 Å². The van der Waals surface area contributed by atoms with Crippen molar-refractivity contribution in [1.29, 1.82) is 0 Å². The first-order chi connectivity index (χ1) is 7.66. The van der Waals surface area contributed by atoms with E-state index in [0.717, 1.165) is 0 Å². The number of carbonyl (C=O) groups excluding carboxylic acids is 1. The smallest absolute Gasteiger partial charge is 0.410 e. The molecule has 0 aromatic rings. The standard InChI is InChI=1S/C11H16BrNO4/c1-10(2,3)17-9(16)13-4-6-7(5-13)11(6,12)8(14)15/h6-7H,4-5H2,1-3H3,(H,14,15)/t6-,7+,11?. The van der Waals surface area contributed by atoms with E-state index >= 15 is 0 Å². The zero-order valence-corrected chi connectivity index (χ0v) is 11.7. The molecule has 1 saturated heterocycles. The van der Waals surface area contributed by atoms with Gasteiger partial charge in [0.05, 0.1) is 0 Å². The molecular formula is C11H16BrNO4. The molecule has 0 aromatic heterocycles. The number of hydrogen-bond acceptors (Lipinski definition) is 3. The number of piperidine rings is 1. The Morgan fingerprint density at radius 2 is 1.82 bits per heavy atom. The fraction of sp³-hybridized carbons (Fsp3) is 0.818.